The Bertz CT molecular complexity index is 198. The van der Waals surface area contributed by atoms with Crippen molar-refractivity contribution < 1.29 is 0 Å². The van der Waals surface area contributed by atoms with Gasteiger partial charge in [0, 0.05) is 0 Å². The summed E-state index contributed by atoms with van der Waals surface area (Å²) in [5.74, 6) is 0. The first-order valence-electron chi connectivity index (χ1n) is 1.55. The van der Waals surface area contributed by atoms with Crippen molar-refractivity contribution in [2.24, 2.45) is 0 Å². The molecule has 0 aliphatic carbocycles. The highest BCUT2D eigenvalue weighted by Gasteiger charge is 1.85. The van der Waals surface area contributed by atoms with E-state index in [2.05, 4.69) is 0 Å². The molecule has 0 unspecified atom stereocenters. The van der Waals surface area contributed by atoms with E-state index < -0.39 is 0 Å². The summed E-state index contributed by atoms with van der Waals surface area (Å²) in [6.45, 7) is 0. The Morgan fingerprint density at radius 1 is 1.57 bits per heavy atom. The monoisotopic (exact) mass is 168 g/mol. The molecule has 0 saturated carbocycles. The van der Waals surface area contributed by atoms with Crippen LogP contribution in [0.4, 0.5) is 0 Å². The van der Waals surface area contributed by atoms with E-state index in [0.717, 1.165) is 8.16 Å². The maximum Gasteiger partial charge on any atom is 0.106 e. The molecule has 1 aromatic heterocycles. The van der Waals surface area contributed by atoms with Gasteiger partial charge in [-0.3, -0.25) is 0 Å². The molecule has 7 heavy (non-hydrogen) atoms. The molecule has 0 fully saturated rings. The zero-order chi connectivity index (χ0) is 5.28. The van der Waals surface area contributed by atoms with Crippen molar-refractivity contribution in [3.8, 4) is 0 Å². The van der Waals surface area contributed by atoms with Crippen LogP contribution in [0.3, 0.4) is 0 Å². The Kier molecular flexibility index (Phi) is 1.80. The molecule has 1 rings (SSSR count). The maximum absolute atomic E-state index is 5.52. The van der Waals surface area contributed by atoms with Crippen LogP contribution in [0.15, 0.2) is 6.07 Å². The average Bonchev–Trinajstić information content (AvgIpc) is 1.87. The molecule has 0 aliphatic rings. The molecule has 0 amide bonds. The summed E-state index contributed by atoms with van der Waals surface area (Å²) in [6.07, 6.45) is 0. The smallest absolute Gasteiger partial charge is 0.0715 e. The van der Waals surface area contributed by atoms with E-state index in [1.54, 1.807) is 6.07 Å². The first-order chi connectivity index (χ1) is 3.29. The Hall–Kier alpha value is 0.560. The third-order valence-corrected chi connectivity index (χ3v) is 3.70. The third kappa shape index (κ3) is 1.49. The number of hydrogen-bond donors (Lipinski definition) is 0. The first kappa shape index (κ1) is 5.69. The summed E-state index contributed by atoms with van der Waals surface area (Å²) in [6, 6.07) is 1.78. The minimum absolute atomic E-state index is 0.787. The van der Waals surface area contributed by atoms with Gasteiger partial charge in [0.05, 0.1) is 0 Å². The van der Waals surface area contributed by atoms with E-state index in [0.29, 0.717) is 0 Å². The van der Waals surface area contributed by atoms with E-state index in [1.807, 2.05) is 0 Å². The van der Waals surface area contributed by atoms with Crippen LogP contribution in [-0.2, 0) is 0 Å². The summed E-state index contributed by atoms with van der Waals surface area (Å²) in [5.41, 5.74) is 0. The van der Waals surface area contributed by atoms with Gasteiger partial charge in [-0.25, -0.2) is 0 Å². The minimum atomic E-state index is 0.787. The number of rotatable bonds is 0. The highest BCUT2D eigenvalue weighted by molar-refractivity contribution is 7.80. The van der Waals surface area contributed by atoms with Crippen LogP contribution < -0.4 is 0 Å². The average molecular weight is 169 g/mol. The molecule has 0 radical (unpaired) electrons. The van der Waals surface area contributed by atoms with Gasteiger partial charge in [-0.2, -0.15) is 0 Å². The molecule has 0 spiro atoms. The predicted octanol–water partition coefficient (Wildman–Crippen LogP) is 3.19. The second kappa shape index (κ2) is 2.22. The molecular weight excluding hydrogens is 168 g/mol. The van der Waals surface area contributed by atoms with Crippen LogP contribution in [0.1, 0.15) is 0 Å². The van der Waals surface area contributed by atoms with E-state index in [-0.39, 0.29) is 0 Å². The SMILES string of the molecule is S=c1cc(Cl)ss1. The Morgan fingerprint density at radius 3 is 2.43 bits per heavy atom. The van der Waals surface area contributed by atoms with Gasteiger partial charge in [0.2, 0.25) is 0 Å². The second-order valence-electron chi connectivity index (χ2n) is 0.934. The summed E-state index contributed by atoms with van der Waals surface area (Å²) in [4.78, 5) is 0. The first-order valence-corrected chi connectivity index (χ1v) is 4.48. The second-order valence-corrected chi connectivity index (χ2v) is 4.48. The fourth-order valence-corrected chi connectivity index (χ4v) is 2.58. The Morgan fingerprint density at radius 2 is 2.29 bits per heavy atom. The quantitative estimate of drug-likeness (QED) is 0.424. The van der Waals surface area contributed by atoms with Gasteiger partial charge in [0.15, 0.2) is 0 Å². The molecule has 38 valence electrons. The van der Waals surface area contributed by atoms with Gasteiger partial charge in [0.1, 0.15) is 8.16 Å². The molecule has 4 heteroatoms. The third-order valence-electron chi connectivity index (χ3n) is 0.435. The zero-order valence-electron chi connectivity index (χ0n) is 3.18. The van der Waals surface area contributed by atoms with E-state index >= 15 is 0 Å². The van der Waals surface area contributed by atoms with E-state index in [9.17, 15) is 0 Å². The lowest BCUT2D eigenvalue weighted by Gasteiger charge is -1.60. The number of halogens is 1. The molecular formula is C3HClS3. The largest absolute Gasteiger partial charge is 0.106 e. The van der Waals surface area contributed by atoms with Gasteiger partial charge in [0.25, 0.3) is 0 Å². The fourth-order valence-electron chi connectivity index (χ4n) is 0.222. The standard InChI is InChI=1S/C3HClS3/c4-2-1-3(5)7-6-2/h1H. The summed E-state index contributed by atoms with van der Waals surface area (Å²) < 4.78 is 1.66. The highest BCUT2D eigenvalue weighted by Crippen LogP contribution is 2.22. The summed E-state index contributed by atoms with van der Waals surface area (Å²) in [7, 11) is 3.04. The van der Waals surface area contributed by atoms with Crippen LogP contribution in [0.5, 0.6) is 0 Å². The van der Waals surface area contributed by atoms with Crippen LogP contribution in [0.25, 0.3) is 0 Å². The molecule has 0 bridgehead atoms. The predicted molar refractivity (Wildman–Crippen MR) is 38.0 cm³/mol. The minimum Gasteiger partial charge on any atom is -0.0715 e. The highest BCUT2D eigenvalue weighted by atomic mass is 35.5. The zero-order valence-corrected chi connectivity index (χ0v) is 6.39. The molecule has 0 nitrogen and oxygen atoms in total. The molecule has 1 aromatic rings. The molecule has 0 saturated heterocycles. The Balaban J connectivity index is 3.30. The molecule has 0 N–H and O–H groups in total. The van der Waals surface area contributed by atoms with Crippen molar-refractivity contribution in [1.29, 1.82) is 0 Å². The van der Waals surface area contributed by atoms with Crippen LogP contribution in [-0.4, -0.2) is 0 Å². The van der Waals surface area contributed by atoms with Gasteiger partial charge in [-0.05, 0) is 6.07 Å². The topological polar surface area (TPSA) is 0 Å². The van der Waals surface area contributed by atoms with Gasteiger partial charge in [-0.15, -0.1) is 0 Å². The molecule has 0 aromatic carbocycles. The van der Waals surface area contributed by atoms with Crippen molar-refractivity contribution in [2.45, 2.75) is 0 Å². The lowest BCUT2D eigenvalue weighted by molar-refractivity contribution is 2.06. The van der Waals surface area contributed by atoms with Crippen molar-refractivity contribution >= 4 is 44.5 Å². The van der Waals surface area contributed by atoms with Crippen LogP contribution >= 0.6 is 44.5 Å². The van der Waals surface area contributed by atoms with Gasteiger partial charge < -0.3 is 0 Å². The van der Waals surface area contributed by atoms with Gasteiger partial charge >= 0.3 is 0 Å². The van der Waals surface area contributed by atoms with E-state index in [4.69, 9.17) is 23.8 Å². The summed E-state index contributed by atoms with van der Waals surface area (Å²) >= 11 is 10.3. The lowest BCUT2D eigenvalue weighted by atomic mass is 10.8. The van der Waals surface area contributed by atoms with Crippen molar-refractivity contribution in [3.05, 3.63) is 14.2 Å². The molecule has 0 atom stereocenters. The van der Waals surface area contributed by atoms with Crippen LogP contribution in [0.2, 0.25) is 4.34 Å². The van der Waals surface area contributed by atoms with Crippen molar-refractivity contribution in [1.82, 2.24) is 0 Å². The van der Waals surface area contributed by atoms with Crippen molar-refractivity contribution in [2.75, 3.05) is 0 Å². The van der Waals surface area contributed by atoms with E-state index in [1.165, 1.54) is 20.7 Å². The summed E-state index contributed by atoms with van der Waals surface area (Å²) in [5, 5.41) is 0. The van der Waals surface area contributed by atoms with Gasteiger partial charge in [-0.1, -0.05) is 44.5 Å². The maximum atomic E-state index is 5.52. The fraction of sp³-hybridized carbons (Fsp3) is 0. The lowest BCUT2D eigenvalue weighted by Crippen LogP contribution is -1.34. The van der Waals surface area contributed by atoms with Crippen molar-refractivity contribution in [3.63, 3.8) is 0 Å². The molecule has 0 aliphatic heterocycles. The Labute approximate surface area is 58.8 Å². The number of hydrogen-bond acceptors (Lipinski definition) is 3. The van der Waals surface area contributed by atoms with Crippen LogP contribution in [0, 0.1) is 3.82 Å². The normalized spacial score (nSPS) is 9.29. The molecule has 1 heterocycles.